The number of hydrogen-bond acceptors (Lipinski definition) is 4. The highest BCUT2D eigenvalue weighted by Crippen LogP contribution is 1.96. The summed E-state index contributed by atoms with van der Waals surface area (Å²) < 4.78 is 0. The Morgan fingerprint density at radius 2 is 2.46 bits per heavy atom. The van der Waals surface area contributed by atoms with Crippen molar-refractivity contribution in [3.8, 4) is 0 Å². The van der Waals surface area contributed by atoms with E-state index in [0.717, 1.165) is 12.1 Å². The molecule has 0 aliphatic rings. The second-order valence-electron chi connectivity index (χ2n) is 2.65. The van der Waals surface area contributed by atoms with Crippen molar-refractivity contribution in [2.24, 2.45) is 5.73 Å². The summed E-state index contributed by atoms with van der Waals surface area (Å²) in [5, 5.41) is 2.92. The lowest BCUT2D eigenvalue weighted by molar-refractivity contribution is 0.942. The third-order valence-electron chi connectivity index (χ3n) is 1.59. The molecule has 13 heavy (non-hydrogen) atoms. The van der Waals surface area contributed by atoms with Gasteiger partial charge in [0.05, 0.1) is 0 Å². The third kappa shape index (κ3) is 2.87. The molecule has 1 aromatic rings. The Kier molecular flexibility index (Phi) is 3.45. The molecule has 1 heterocycles. The van der Waals surface area contributed by atoms with Crippen LogP contribution < -0.4 is 16.6 Å². The molecule has 0 bridgehead atoms. The van der Waals surface area contributed by atoms with Crippen LogP contribution in [0.4, 0.5) is 5.95 Å². The van der Waals surface area contributed by atoms with Gasteiger partial charge in [0.2, 0.25) is 5.95 Å². The van der Waals surface area contributed by atoms with Gasteiger partial charge < -0.3 is 11.1 Å². The van der Waals surface area contributed by atoms with Gasteiger partial charge in [-0.3, -0.25) is 9.78 Å². The Morgan fingerprint density at radius 1 is 1.69 bits per heavy atom. The van der Waals surface area contributed by atoms with Gasteiger partial charge in [-0.1, -0.05) is 6.92 Å². The zero-order valence-corrected chi connectivity index (χ0v) is 7.63. The molecule has 0 saturated carbocycles. The smallest absolute Gasteiger partial charge is 0.252 e. The molecule has 1 rings (SSSR count). The number of aryl methyl sites for hydroxylation is 1. The van der Waals surface area contributed by atoms with Crippen LogP contribution >= 0.6 is 0 Å². The number of H-pyrrole nitrogens is 1. The van der Waals surface area contributed by atoms with Crippen LogP contribution in [0.5, 0.6) is 0 Å². The lowest BCUT2D eigenvalue weighted by Crippen LogP contribution is -2.18. The predicted molar refractivity (Wildman–Crippen MR) is 51.8 cm³/mol. The third-order valence-corrected chi connectivity index (χ3v) is 1.59. The second-order valence-corrected chi connectivity index (χ2v) is 2.65. The Bertz CT molecular complexity index is 320. The van der Waals surface area contributed by atoms with Gasteiger partial charge in [0.15, 0.2) is 0 Å². The summed E-state index contributed by atoms with van der Waals surface area (Å²) in [5.74, 6) is 0.495. The largest absolute Gasteiger partial charge is 0.354 e. The highest BCUT2D eigenvalue weighted by molar-refractivity contribution is 5.24. The molecule has 0 aromatic carbocycles. The Balaban J connectivity index is 2.82. The number of nitrogens with one attached hydrogen (secondary N) is 2. The summed E-state index contributed by atoms with van der Waals surface area (Å²) in [6, 6.07) is 1.49. The van der Waals surface area contributed by atoms with Crippen LogP contribution in [0.1, 0.15) is 12.6 Å². The maximum atomic E-state index is 11.1. The molecule has 72 valence electrons. The van der Waals surface area contributed by atoms with Crippen LogP contribution in [-0.4, -0.2) is 23.1 Å². The summed E-state index contributed by atoms with van der Waals surface area (Å²) in [6.07, 6.45) is 0.751. The molecule has 4 N–H and O–H groups in total. The SMILES string of the molecule is CCc1cc(=O)[nH]c(NCCN)n1. The maximum Gasteiger partial charge on any atom is 0.252 e. The lowest BCUT2D eigenvalue weighted by atomic mass is 10.3. The normalized spacial score (nSPS) is 10.0. The number of hydrogen-bond donors (Lipinski definition) is 3. The molecule has 0 atom stereocenters. The second kappa shape index (κ2) is 4.61. The van der Waals surface area contributed by atoms with Crippen molar-refractivity contribution in [2.75, 3.05) is 18.4 Å². The average Bonchev–Trinajstić information content (AvgIpc) is 2.14. The zero-order valence-electron chi connectivity index (χ0n) is 7.63. The number of nitrogens with two attached hydrogens (primary N) is 1. The fraction of sp³-hybridized carbons (Fsp3) is 0.500. The predicted octanol–water partition coefficient (Wildman–Crippen LogP) is -0.297. The molecular formula is C8H14N4O. The van der Waals surface area contributed by atoms with Crippen molar-refractivity contribution in [2.45, 2.75) is 13.3 Å². The molecule has 0 aliphatic heterocycles. The van der Waals surface area contributed by atoms with Crippen molar-refractivity contribution >= 4 is 5.95 Å². The van der Waals surface area contributed by atoms with E-state index >= 15 is 0 Å². The van der Waals surface area contributed by atoms with Crippen molar-refractivity contribution in [1.29, 1.82) is 0 Å². The van der Waals surface area contributed by atoms with Crippen LogP contribution in [0.25, 0.3) is 0 Å². The van der Waals surface area contributed by atoms with Gasteiger partial charge >= 0.3 is 0 Å². The van der Waals surface area contributed by atoms with Crippen LogP contribution in [0.3, 0.4) is 0 Å². The Hall–Kier alpha value is -1.36. The molecule has 0 saturated heterocycles. The van der Waals surface area contributed by atoms with Crippen LogP contribution in [-0.2, 0) is 6.42 Å². The van der Waals surface area contributed by atoms with E-state index in [0.29, 0.717) is 19.0 Å². The van der Waals surface area contributed by atoms with E-state index in [-0.39, 0.29) is 5.56 Å². The van der Waals surface area contributed by atoms with Crippen molar-refractivity contribution in [3.63, 3.8) is 0 Å². The van der Waals surface area contributed by atoms with Crippen molar-refractivity contribution in [1.82, 2.24) is 9.97 Å². The monoisotopic (exact) mass is 182 g/mol. The van der Waals surface area contributed by atoms with Gasteiger partial charge in [-0.05, 0) is 6.42 Å². The summed E-state index contributed by atoms with van der Waals surface area (Å²) in [4.78, 5) is 17.8. The minimum atomic E-state index is -0.133. The fourth-order valence-corrected chi connectivity index (χ4v) is 0.963. The van der Waals surface area contributed by atoms with Crippen molar-refractivity contribution < 1.29 is 0 Å². The van der Waals surface area contributed by atoms with E-state index in [1.54, 1.807) is 0 Å². The maximum absolute atomic E-state index is 11.1. The average molecular weight is 182 g/mol. The van der Waals surface area contributed by atoms with Crippen molar-refractivity contribution in [3.05, 3.63) is 22.1 Å². The molecular weight excluding hydrogens is 168 g/mol. The molecule has 1 aromatic heterocycles. The van der Waals surface area contributed by atoms with E-state index in [1.165, 1.54) is 6.07 Å². The number of aromatic amines is 1. The van der Waals surface area contributed by atoms with E-state index in [2.05, 4.69) is 15.3 Å². The highest BCUT2D eigenvalue weighted by Gasteiger charge is 1.97. The number of anilines is 1. The zero-order chi connectivity index (χ0) is 9.68. The van der Waals surface area contributed by atoms with E-state index in [9.17, 15) is 4.79 Å². The van der Waals surface area contributed by atoms with Gasteiger partial charge in [0.25, 0.3) is 5.56 Å². The minimum absolute atomic E-state index is 0.133. The number of nitrogens with zero attached hydrogens (tertiary/aromatic N) is 1. The standard InChI is InChI=1S/C8H14N4O/c1-2-6-5-7(13)12-8(11-6)10-4-3-9/h5H,2-4,9H2,1H3,(H2,10,11,12,13). The summed E-state index contributed by atoms with van der Waals surface area (Å²) >= 11 is 0. The van der Waals surface area contributed by atoms with Gasteiger partial charge in [-0.15, -0.1) is 0 Å². The van der Waals surface area contributed by atoms with E-state index in [1.807, 2.05) is 6.92 Å². The topological polar surface area (TPSA) is 83.8 Å². The Morgan fingerprint density at radius 3 is 3.08 bits per heavy atom. The van der Waals surface area contributed by atoms with Gasteiger partial charge in [0, 0.05) is 24.8 Å². The molecule has 0 spiro atoms. The molecule has 5 nitrogen and oxygen atoms in total. The minimum Gasteiger partial charge on any atom is -0.354 e. The van der Waals surface area contributed by atoms with Crippen LogP contribution in [0.15, 0.2) is 10.9 Å². The van der Waals surface area contributed by atoms with E-state index in [4.69, 9.17) is 5.73 Å². The van der Waals surface area contributed by atoms with Gasteiger partial charge in [-0.25, -0.2) is 4.98 Å². The first kappa shape index (κ1) is 9.73. The lowest BCUT2D eigenvalue weighted by Gasteiger charge is -2.03. The summed E-state index contributed by atoms with van der Waals surface area (Å²) in [7, 11) is 0. The number of aromatic nitrogens is 2. The van der Waals surface area contributed by atoms with Gasteiger partial charge in [-0.2, -0.15) is 0 Å². The molecule has 0 unspecified atom stereocenters. The van der Waals surface area contributed by atoms with Crippen LogP contribution in [0.2, 0.25) is 0 Å². The molecule has 0 radical (unpaired) electrons. The molecule has 0 fully saturated rings. The summed E-state index contributed by atoms with van der Waals surface area (Å²) in [6.45, 7) is 3.07. The van der Waals surface area contributed by atoms with Crippen LogP contribution in [0, 0.1) is 0 Å². The molecule has 0 amide bonds. The first-order valence-corrected chi connectivity index (χ1v) is 4.30. The quantitative estimate of drug-likeness (QED) is 0.597. The fourth-order valence-electron chi connectivity index (χ4n) is 0.963. The number of rotatable bonds is 4. The highest BCUT2D eigenvalue weighted by atomic mass is 16.1. The Labute approximate surface area is 76.4 Å². The molecule has 5 heteroatoms. The first-order chi connectivity index (χ1) is 6.26. The van der Waals surface area contributed by atoms with E-state index < -0.39 is 0 Å². The molecule has 0 aliphatic carbocycles. The first-order valence-electron chi connectivity index (χ1n) is 4.30. The van der Waals surface area contributed by atoms with Gasteiger partial charge in [0.1, 0.15) is 0 Å². The summed E-state index contributed by atoms with van der Waals surface area (Å²) in [5.41, 5.74) is 5.95.